The second-order valence-electron chi connectivity index (χ2n) is 3.02. The molecule has 0 aliphatic rings. The van der Waals surface area contributed by atoms with Crippen LogP contribution in [0.5, 0.6) is 0 Å². The fourth-order valence-electron chi connectivity index (χ4n) is 1.18. The number of benzene rings is 1. The lowest BCUT2D eigenvalue weighted by Gasteiger charge is -2.04. The zero-order valence-corrected chi connectivity index (χ0v) is 8.00. The summed E-state index contributed by atoms with van der Waals surface area (Å²) in [6, 6.07) is 5.19. The van der Waals surface area contributed by atoms with Gasteiger partial charge in [-0.1, -0.05) is 5.92 Å². The Morgan fingerprint density at radius 1 is 1.57 bits per heavy atom. The number of carbonyl (C=O) groups is 1. The van der Waals surface area contributed by atoms with E-state index in [1.807, 2.05) is 6.92 Å². The number of nitrogens with two attached hydrogens (primary N) is 1. The van der Waals surface area contributed by atoms with Crippen LogP contribution in [0.25, 0.3) is 0 Å². The van der Waals surface area contributed by atoms with Gasteiger partial charge < -0.3 is 11.1 Å². The van der Waals surface area contributed by atoms with Gasteiger partial charge >= 0.3 is 0 Å². The molecule has 1 aromatic rings. The minimum absolute atomic E-state index is 0.196. The van der Waals surface area contributed by atoms with Gasteiger partial charge in [0.1, 0.15) is 0 Å². The molecule has 1 aromatic carbocycles. The Hall–Kier alpha value is -1.95. The van der Waals surface area contributed by atoms with Crippen LogP contribution in [-0.4, -0.2) is 12.5 Å². The molecule has 0 unspecified atom stereocenters. The molecule has 0 fully saturated rings. The van der Waals surface area contributed by atoms with Crippen LogP contribution in [0, 0.1) is 19.3 Å². The Morgan fingerprint density at radius 2 is 2.29 bits per heavy atom. The number of rotatable bonds is 2. The van der Waals surface area contributed by atoms with Crippen molar-refractivity contribution in [1.29, 1.82) is 0 Å². The summed E-state index contributed by atoms with van der Waals surface area (Å²) in [5, 5.41) is 2.57. The summed E-state index contributed by atoms with van der Waals surface area (Å²) in [6.45, 7) is 2.11. The number of nitrogens with one attached hydrogen (secondary N) is 1. The maximum Gasteiger partial charge on any atom is 0.252 e. The Kier molecular flexibility index (Phi) is 3.14. The predicted octanol–water partition coefficient (Wildman–Crippen LogP) is 0.940. The standard InChI is InChI=1S/C11H12N2O/c1-3-4-13-11(14)9-5-8(2)6-10(12)7-9/h1,5-7H,4,12H2,2H3,(H,13,14). The summed E-state index contributed by atoms with van der Waals surface area (Å²) in [5.41, 5.74) is 7.68. The van der Waals surface area contributed by atoms with Gasteiger partial charge in [-0.3, -0.25) is 4.79 Å². The predicted molar refractivity (Wildman–Crippen MR) is 56.8 cm³/mol. The van der Waals surface area contributed by atoms with E-state index in [0.29, 0.717) is 11.3 Å². The Bertz CT molecular complexity index is 371. The van der Waals surface area contributed by atoms with E-state index in [1.54, 1.807) is 18.2 Å². The molecule has 0 aliphatic carbocycles. The van der Waals surface area contributed by atoms with Gasteiger partial charge in [-0.2, -0.15) is 0 Å². The molecular weight excluding hydrogens is 176 g/mol. The SMILES string of the molecule is C#CCNC(=O)c1cc(C)cc(N)c1. The molecule has 14 heavy (non-hydrogen) atoms. The van der Waals surface area contributed by atoms with Crippen molar-refractivity contribution in [1.82, 2.24) is 5.32 Å². The molecule has 1 rings (SSSR count). The van der Waals surface area contributed by atoms with Crippen LogP contribution in [0.3, 0.4) is 0 Å². The maximum atomic E-state index is 11.4. The van der Waals surface area contributed by atoms with E-state index in [0.717, 1.165) is 5.56 Å². The summed E-state index contributed by atoms with van der Waals surface area (Å²) in [7, 11) is 0. The van der Waals surface area contributed by atoms with Crippen molar-refractivity contribution in [2.75, 3.05) is 12.3 Å². The normalized spacial score (nSPS) is 9.14. The van der Waals surface area contributed by atoms with E-state index in [1.165, 1.54) is 0 Å². The fourth-order valence-corrected chi connectivity index (χ4v) is 1.18. The molecule has 0 bridgehead atoms. The van der Waals surface area contributed by atoms with Crippen LogP contribution < -0.4 is 11.1 Å². The lowest BCUT2D eigenvalue weighted by Crippen LogP contribution is -2.23. The van der Waals surface area contributed by atoms with Gasteiger partial charge in [0.15, 0.2) is 0 Å². The molecule has 0 radical (unpaired) electrons. The summed E-state index contributed by atoms with van der Waals surface area (Å²) >= 11 is 0. The van der Waals surface area contributed by atoms with E-state index < -0.39 is 0 Å². The molecule has 0 heterocycles. The number of amides is 1. The number of hydrogen-bond donors (Lipinski definition) is 2. The van der Waals surface area contributed by atoms with Crippen molar-refractivity contribution in [2.24, 2.45) is 0 Å². The molecule has 0 aliphatic heterocycles. The topological polar surface area (TPSA) is 55.1 Å². The van der Waals surface area contributed by atoms with E-state index in [4.69, 9.17) is 12.2 Å². The fraction of sp³-hybridized carbons (Fsp3) is 0.182. The molecule has 0 saturated carbocycles. The highest BCUT2D eigenvalue weighted by Gasteiger charge is 2.04. The van der Waals surface area contributed by atoms with Gasteiger partial charge in [0.25, 0.3) is 5.91 Å². The molecule has 0 atom stereocenters. The molecule has 0 spiro atoms. The van der Waals surface area contributed by atoms with E-state index in [-0.39, 0.29) is 12.5 Å². The summed E-state index contributed by atoms with van der Waals surface area (Å²) in [6.07, 6.45) is 5.03. The van der Waals surface area contributed by atoms with E-state index >= 15 is 0 Å². The van der Waals surface area contributed by atoms with E-state index in [9.17, 15) is 4.79 Å². The monoisotopic (exact) mass is 188 g/mol. The third-order valence-corrected chi connectivity index (χ3v) is 1.71. The number of anilines is 1. The molecule has 72 valence electrons. The van der Waals surface area contributed by atoms with Gasteiger partial charge in [-0.05, 0) is 30.7 Å². The van der Waals surface area contributed by atoms with Crippen LogP contribution in [0.2, 0.25) is 0 Å². The lowest BCUT2D eigenvalue weighted by molar-refractivity contribution is 0.0958. The summed E-state index contributed by atoms with van der Waals surface area (Å²) in [5.74, 6) is 2.14. The average molecular weight is 188 g/mol. The van der Waals surface area contributed by atoms with Crippen LogP contribution in [0.15, 0.2) is 18.2 Å². The number of nitrogen functional groups attached to an aromatic ring is 1. The zero-order valence-electron chi connectivity index (χ0n) is 8.00. The highest BCUT2D eigenvalue weighted by atomic mass is 16.1. The largest absolute Gasteiger partial charge is 0.399 e. The van der Waals surface area contributed by atoms with Gasteiger partial charge in [-0.25, -0.2) is 0 Å². The quantitative estimate of drug-likeness (QED) is 0.536. The van der Waals surface area contributed by atoms with Gasteiger partial charge in [0.05, 0.1) is 6.54 Å². The smallest absolute Gasteiger partial charge is 0.252 e. The van der Waals surface area contributed by atoms with Crippen molar-refractivity contribution in [3.63, 3.8) is 0 Å². The average Bonchev–Trinajstić information content (AvgIpc) is 2.12. The van der Waals surface area contributed by atoms with Crippen LogP contribution in [-0.2, 0) is 0 Å². The number of aryl methyl sites for hydroxylation is 1. The highest BCUT2D eigenvalue weighted by Crippen LogP contribution is 2.10. The Morgan fingerprint density at radius 3 is 2.86 bits per heavy atom. The molecule has 0 aromatic heterocycles. The van der Waals surface area contributed by atoms with E-state index in [2.05, 4.69) is 11.2 Å². The van der Waals surface area contributed by atoms with Crippen LogP contribution in [0.1, 0.15) is 15.9 Å². The first-order valence-electron chi connectivity index (χ1n) is 4.22. The molecule has 0 saturated heterocycles. The van der Waals surface area contributed by atoms with Crippen molar-refractivity contribution in [3.05, 3.63) is 29.3 Å². The maximum absolute atomic E-state index is 11.4. The van der Waals surface area contributed by atoms with Gasteiger partial charge in [0.2, 0.25) is 0 Å². The third-order valence-electron chi connectivity index (χ3n) is 1.71. The first-order valence-corrected chi connectivity index (χ1v) is 4.22. The van der Waals surface area contributed by atoms with Crippen molar-refractivity contribution in [2.45, 2.75) is 6.92 Å². The third kappa shape index (κ3) is 2.53. The highest BCUT2D eigenvalue weighted by molar-refractivity contribution is 5.95. The van der Waals surface area contributed by atoms with Crippen LogP contribution >= 0.6 is 0 Å². The molecule has 3 heteroatoms. The number of hydrogen-bond acceptors (Lipinski definition) is 2. The van der Waals surface area contributed by atoms with Crippen LogP contribution in [0.4, 0.5) is 5.69 Å². The molecule has 3 N–H and O–H groups in total. The Balaban J connectivity index is 2.85. The Labute approximate surface area is 83.3 Å². The zero-order chi connectivity index (χ0) is 10.6. The first kappa shape index (κ1) is 10.1. The first-order chi connectivity index (χ1) is 6.63. The summed E-state index contributed by atoms with van der Waals surface area (Å²) in [4.78, 5) is 11.4. The molecule has 3 nitrogen and oxygen atoms in total. The minimum Gasteiger partial charge on any atom is -0.399 e. The molecular formula is C11H12N2O. The second-order valence-corrected chi connectivity index (χ2v) is 3.02. The summed E-state index contributed by atoms with van der Waals surface area (Å²) < 4.78 is 0. The van der Waals surface area contributed by atoms with Gasteiger partial charge in [0, 0.05) is 11.3 Å². The number of terminal acetylenes is 1. The molecule has 1 amide bonds. The van der Waals surface area contributed by atoms with Crippen molar-refractivity contribution < 1.29 is 4.79 Å². The van der Waals surface area contributed by atoms with Crippen molar-refractivity contribution >= 4 is 11.6 Å². The lowest BCUT2D eigenvalue weighted by atomic mass is 10.1. The van der Waals surface area contributed by atoms with Crippen molar-refractivity contribution in [3.8, 4) is 12.3 Å². The van der Waals surface area contributed by atoms with Gasteiger partial charge in [-0.15, -0.1) is 6.42 Å². The second kappa shape index (κ2) is 4.33. The number of carbonyl (C=O) groups excluding carboxylic acids is 1. The minimum atomic E-state index is -0.196.